The lowest BCUT2D eigenvalue weighted by molar-refractivity contribution is -0.154. The first kappa shape index (κ1) is 29.6. The number of rotatable bonds is 12. The van der Waals surface area contributed by atoms with Crippen molar-refractivity contribution in [3.05, 3.63) is 64.7 Å². The Kier molecular flexibility index (Phi) is 8.90. The van der Waals surface area contributed by atoms with E-state index in [1.54, 1.807) is 12.1 Å². The quantitative estimate of drug-likeness (QED) is 0.240. The molecule has 4 rings (SSSR count). The number of ether oxygens (including phenoxy) is 1. The molecular weight excluding hydrogens is 596 g/mol. The summed E-state index contributed by atoms with van der Waals surface area (Å²) in [5.41, 5.74) is 0.803. The van der Waals surface area contributed by atoms with E-state index in [1.807, 2.05) is 16.9 Å². The fourth-order valence-corrected chi connectivity index (χ4v) is 5.05. The van der Waals surface area contributed by atoms with Gasteiger partial charge in [-0.1, -0.05) is 23.7 Å². The van der Waals surface area contributed by atoms with E-state index in [1.165, 1.54) is 24.3 Å². The summed E-state index contributed by atoms with van der Waals surface area (Å²) in [6.07, 6.45) is -2.96. The van der Waals surface area contributed by atoms with Gasteiger partial charge in [-0.2, -0.15) is 28.1 Å². The standard InChI is InChI=1S/C24H23Cl2F3N6O4S/c25-12-1-13-40(37,38)35-19(36)15-2-8-18(9-3-15)30-20-31-21(33-22(32-20)39-14-24(27,28)29)34-23(10-11-23)16-4-6-17(26)7-5-16/h2-9H,1,10-14H2,(H,35,36)(H2,30,31,32,33,34). The summed E-state index contributed by atoms with van der Waals surface area (Å²) in [5.74, 6) is -1.12. The molecule has 2 aromatic carbocycles. The number of nitrogens with zero attached hydrogens (tertiary/aromatic N) is 3. The maximum Gasteiger partial charge on any atom is 0.422 e. The molecule has 3 N–H and O–H groups in total. The summed E-state index contributed by atoms with van der Waals surface area (Å²) in [7, 11) is -3.84. The highest BCUT2D eigenvalue weighted by molar-refractivity contribution is 7.90. The van der Waals surface area contributed by atoms with Gasteiger partial charge in [-0.3, -0.25) is 4.79 Å². The van der Waals surface area contributed by atoms with Crippen LogP contribution in [0.2, 0.25) is 5.02 Å². The van der Waals surface area contributed by atoms with Crippen LogP contribution in [-0.2, 0) is 15.6 Å². The van der Waals surface area contributed by atoms with Crippen LogP contribution in [0, 0.1) is 0 Å². The van der Waals surface area contributed by atoms with Gasteiger partial charge in [-0.25, -0.2) is 13.1 Å². The molecule has 1 aromatic heterocycles. The zero-order valence-corrected chi connectivity index (χ0v) is 23.0. The van der Waals surface area contributed by atoms with Crippen LogP contribution in [0.15, 0.2) is 48.5 Å². The van der Waals surface area contributed by atoms with Crippen molar-refractivity contribution in [1.29, 1.82) is 0 Å². The number of amides is 1. The first-order valence-electron chi connectivity index (χ1n) is 11.8. The summed E-state index contributed by atoms with van der Waals surface area (Å²) in [6, 6.07) is 12.2. The van der Waals surface area contributed by atoms with Crippen LogP contribution in [0.25, 0.3) is 0 Å². The summed E-state index contributed by atoms with van der Waals surface area (Å²) in [6.45, 7) is -1.60. The molecule has 3 aromatic rings. The van der Waals surface area contributed by atoms with Gasteiger partial charge >= 0.3 is 12.2 Å². The van der Waals surface area contributed by atoms with Gasteiger partial charge in [0.05, 0.1) is 11.3 Å². The van der Waals surface area contributed by atoms with E-state index in [-0.39, 0.29) is 35.5 Å². The smallest absolute Gasteiger partial charge is 0.422 e. The normalized spacial score (nSPS) is 14.3. The highest BCUT2D eigenvalue weighted by Gasteiger charge is 2.45. The third kappa shape index (κ3) is 8.32. The lowest BCUT2D eigenvalue weighted by atomic mass is 10.1. The number of hydrogen-bond donors (Lipinski definition) is 3. The minimum absolute atomic E-state index is 0.0136. The van der Waals surface area contributed by atoms with Gasteiger partial charge in [-0.15, -0.1) is 11.6 Å². The fourth-order valence-electron chi connectivity index (χ4n) is 3.60. The zero-order valence-electron chi connectivity index (χ0n) is 20.6. The van der Waals surface area contributed by atoms with E-state index in [0.717, 1.165) is 18.4 Å². The zero-order chi connectivity index (χ0) is 29.0. The van der Waals surface area contributed by atoms with E-state index in [9.17, 15) is 26.4 Å². The Morgan fingerprint density at radius 2 is 1.65 bits per heavy atom. The van der Waals surface area contributed by atoms with E-state index in [0.29, 0.717) is 10.7 Å². The number of nitrogens with one attached hydrogen (secondary N) is 3. The van der Waals surface area contributed by atoms with Gasteiger partial charge in [0.15, 0.2) is 6.61 Å². The van der Waals surface area contributed by atoms with Crippen LogP contribution >= 0.6 is 23.2 Å². The fraction of sp³-hybridized carbons (Fsp3) is 0.333. The van der Waals surface area contributed by atoms with Gasteiger partial charge in [0.2, 0.25) is 21.9 Å². The molecule has 0 bridgehead atoms. The predicted molar refractivity (Wildman–Crippen MR) is 144 cm³/mol. The number of halogens is 5. The van der Waals surface area contributed by atoms with Crippen molar-refractivity contribution in [2.75, 3.05) is 28.9 Å². The largest absolute Gasteiger partial charge is 0.454 e. The summed E-state index contributed by atoms with van der Waals surface area (Å²) < 4.78 is 69.0. The molecule has 16 heteroatoms. The maximum absolute atomic E-state index is 12.8. The van der Waals surface area contributed by atoms with Gasteiger partial charge < -0.3 is 15.4 Å². The topological polar surface area (TPSA) is 135 Å². The monoisotopic (exact) mass is 618 g/mol. The van der Waals surface area contributed by atoms with Crippen molar-refractivity contribution in [1.82, 2.24) is 19.7 Å². The lowest BCUT2D eigenvalue weighted by Gasteiger charge is -2.19. The number of carbonyl (C=O) groups excluding carboxylic acids is 1. The Balaban J connectivity index is 1.52. The second-order valence-electron chi connectivity index (χ2n) is 8.88. The van der Waals surface area contributed by atoms with Gasteiger partial charge in [0, 0.05) is 22.2 Å². The van der Waals surface area contributed by atoms with E-state index < -0.39 is 40.3 Å². The lowest BCUT2D eigenvalue weighted by Crippen LogP contribution is -2.32. The van der Waals surface area contributed by atoms with E-state index >= 15 is 0 Å². The van der Waals surface area contributed by atoms with Crippen LogP contribution < -0.4 is 20.1 Å². The molecule has 0 spiro atoms. The van der Waals surface area contributed by atoms with Crippen LogP contribution in [0.1, 0.15) is 35.2 Å². The predicted octanol–water partition coefficient (Wildman–Crippen LogP) is 5.00. The molecule has 1 fully saturated rings. The molecule has 0 aliphatic heterocycles. The number of alkyl halides is 4. The molecule has 1 amide bonds. The maximum atomic E-state index is 12.8. The van der Waals surface area contributed by atoms with E-state index in [2.05, 4.69) is 25.6 Å². The van der Waals surface area contributed by atoms with Crippen molar-refractivity contribution >= 4 is 56.7 Å². The molecule has 1 aliphatic rings. The molecule has 40 heavy (non-hydrogen) atoms. The molecule has 1 heterocycles. The summed E-state index contributed by atoms with van der Waals surface area (Å²) >= 11 is 11.5. The molecule has 0 unspecified atom stereocenters. The van der Waals surface area contributed by atoms with Gasteiger partial charge in [-0.05, 0) is 61.2 Å². The Bertz CT molecular complexity index is 1450. The Morgan fingerprint density at radius 1 is 1.00 bits per heavy atom. The number of hydrogen-bond acceptors (Lipinski definition) is 9. The average Bonchev–Trinajstić information content (AvgIpc) is 3.66. The third-order valence-electron chi connectivity index (χ3n) is 5.68. The van der Waals surface area contributed by atoms with Crippen LogP contribution in [0.5, 0.6) is 6.01 Å². The van der Waals surface area contributed by atoms with Crippen molar-refractivity contribution in [3.8, 4) is 6.01 Å². The van der Waals surface area contributed by atoms with Crippen molar-refractivity contribution < 1.29 is 31.1 Å². The number of benzene rings is 2. The van der Waals surface area contributed by atoms with Crippen molar-refractivity contribution in [2.24, 2.45) is 0 Å². The number of sulfonamides is 1. The number of carbonyl (C=O) groups is 1. The van der Waals surface area contributed by atoms with Gasteiger partial charge in [0.25, 0.3) is 5.91 Å². The highest BCUT2D eigenvalue weighted by atomic mass is 35.5. The van der Waals surface area contributed by atoms with Gasteiger partial charge in [0.1, 0.15) is 0 Å². The molecule has 0 radical (unpaired) electrons. The molecule has 1 aliphatic carbocycles. The first-order chi connectivity index (χ1) is 18.9. The second-order valence-corrected chi connectivity index (χ2v) is 11.5. The number of aromatic nitrogens is 3. The van der Waals surface area contributed by atoms with Crippen molar-refractivity contribution in [3.63, 3.8) is 0 Å². The third-order valence-corrected chi connectivity index (χ3v) is 7.52. The van der Waals surface area contributed by atoms with E-state index in [4.69, 9.17) is 27.9 Å². The second kappa shape index (κ2) is 12.0. The Morgan fingerprint density at radius 3 is 2.25 bits per heavy atom. The van der Waals surface area contributed by atoms with Crippen LogP contribution in [-0.4, -0.2) is 53.7 Å². The summed E-state index contributed by atoms with van der Waals surface area (Å²) in [4.78, 5) is 24.5. The molecule has 0 atom stereocenters. The minimum atomic E-state index is -4.61. The molecule has 1 saturated carbocycles. The molecule has 214 valence electrons. The molecular formula is C24H23Cl2F3N6O4S. The van der Waals surface area contributed by atoms with Crippen LogP contribution in [0.3, 0.4) is 0 Å². The molecule has 10 nitrogen and oxygen atoms in total. The Labute approximate surface area is 237 Å². The Hall–Kier alpha value is -3.36. The molecule has 0 saturated heterocycles. The highest BCUT2D eigenvalue weighted by Crippen LogP contribution is 2.48. The SMILES string of the molecule is O=C(NS(=O)(=O)CCCCl)c1ccc(Nc2nc(NC3(c4ccc(Cl)cc4)CC3)nc(OCC(F)(F)F)n2)cc1. The van der Waals surface area contributed by atoms with Crippen LogP contribution in [0.4, 0.5) is 30.8 Å². The summed E-state index contributed by atoms with van der Waals surface area (Å²) in [5, 5.41) is 6.56. The first-order valence-corrected chi connectivity index (χ1v) is 14.4. The number of anilines is 3. The van der Waals surface area contributed by atoms with Crippen molar-refractivity contribution in [2.45, 2.75) is 31.0 Å². The minimum Gasteiger partial charge on any atom is -0.454 e. The average molecular weight is 619 g/mol.